The molecule has 0 aliphatic carbocycles. The van der Waals surface area contributed by atoms with Crippen molar-refractivity contribution in [1.82, 2.24) is 0 Å². The van der Waals surface area contributed by atoms with E-state index >= 15 is 0 Å². The van der Waals surface area contributed by atoms with Crippen LogP contribution in [0.1, 0.15) is 23.6 Å². The molecule has 0 aromatic heterocycles. The molecule has 0 bridgehead atoms. The average Bonchev–Trinajstić information content (AvgIpc) is 2.46. The average molecular weight is 276 g/mol. The fraction of sp³-hybridized carbons (Fsp3) is 0.133. The summed E-state index contributed by atoms with van der Waals surface area (Å²) in [6, 6.07) is 12.4. The summed E-state index contributed by atoms with van der Waals surface area (Å²) in [5.74, 6) is -0.385. The van der Waals surface area contributed by atoms with Crippen molar-refractivity contribution in [2.24, 2.45) is 0 Å². The van der Waals surface area contributed by atoms with Crippen molar-refractivity contribution in [3.63, 3.8) is 0 Å². The normalized spacial score (nSPS) is 11.9. The van der Waals surface area contributed by atoms with E-state index in [0.29, 0.717) is 11.3 Å². The Bertz CT molecular complexity index is 618. The molecule has 0 spiro atoms. The smallest absolute Gasteiger partial charge is 0.263 e. The Morgan fingerprint density at radius 3 is 2.25 bits per heavy atom. The minimum absolute atomic E-state index is 0.136. The molecule has 2 aromatic rings. The van der Waals surface area contributed by atoms with Gasteiger partial charge in [0.05, 0.1) is 6.07 Å². The quantitative estimate of drug-likeness (QED) is 0.896. The number of alkyl halides is 2. The highest BCUT2D eigenvalue weighted by molar-refractivity contribution is 5.47. The van der Waals surface area contributed by atoms with Gasteiger partial charge in [0.1, 0.15) is 11.9 Å². The molecule has 0 saturated carbocycles. The summed E-state index contributed by atoms with van der Waals surface area (Å²) in [5.41, 5.74) is 0.846. The van der Waals surface area contributed by atoms with Gasteiger partial charge in [0.15, 0.2) is 0 Å². The molecule has 2 nitrogen and oxygen atoms in total. The van der Waals surface area contributed by atoms with E-state index in [1.165, 1.54) is 42.5 Å². The van der Waals surface area contributed by atoms with Gasteiger partial charge >= 0.3 is 0 Å². The zero-order valence-electron chi connectivity index (χ0n) is 10.4. The molecule has 0 radical (unpaired) electrons. The van der Waals surface area contributed by atoms with E-state index in [2.05, 4.69) is 5.32 Å². The minimum Gasteiger partial charge on any atom is -0.366 e. The molecular weight excluding hydrogens is 265 g/mol. The molecule has 0 amide bonds. The Labute approximate surface area is 114 Å². The van der Waals surface area contributed by atoms with Crippen LogP contribution in [0, 0.1) is 17.1 Å². The predicted molar refractivity (Wildman–Crippen MR) is 69.8 cm³/mol. The van der Waals surface area contributed by atoms with E-state index in [9.17, 15) is 13.2 Å². The van der Waals surface area contributed by atoms with Gasteiger partial charge in [-0.2, -0.15) is 5.26 Å². The van der Waals surface area contributed by atoms with Gasteiger partial charge in [-0.05, 0) is 35.9 Å². The summed E-state index contributed by atoms with van der Waals surface area (Å²) in [4.78, 5) is 0. The maximum atomic E-state index is 12.8. The topological polar surface area (TPSA) is 35.8 Å². The predicted octanol–water partition coefficient (Wildman–Crippen LogP) is 4.44. The molecule has 0 saturated heterocycles. The molecule has 1 atom stereocenters. The highest BCUT2D eigenvalue weighted by Crippen LogP contribution is 2.24. The molecular formula is C15H11F3N2. The maximum absolute atomic E-state index is 12.8. The Balaban J connectivity index is 2.22. The molecule has 1 N–H and O–H groups in total. The number of hydrogen-bond donors (Lipinski definition) is 1. The van der Waals surface area contributed by atoms with Gasteiger partial charge in [-0.3, -0.25) is 0 Å². The Hall–Kier alpha value is -2.48. The largest absolute Gasteiger partial charge is 0.366 e. The van der Waals surface area contributed by atoms with Crippen LogP contribution < -0.4 is 5.32 Å². The molecule has 2 rings (SSSR count). The Morgan fingerprint density at radius 2 is 1.65 bits per heavy atom. The van der Waals surface area contributed by atoms with Crippen molar-refractivity contribution >= 4 is 5.69 Å². The molecule has 0 fully saturated rings. The number of anilines is 1. The number of halogens is 3. The van der Waals surface area contributed by atoms with Gasteiger partial charge in [0, 0.05) is 11.3 Å². The second kappa shape index (κ2) is 6.11. The number of nitrogens with one attached hydrogen (secondary N) is 1. The van der Waals surface area contributed by atoms with E-state index in [1.807, 2.05) is 6.07 Å². The molecule has 102 valence electrons. The molecule has 1 unspecified atom stereocenters. The van der Waals surface area contributed by atoms with E-state index in [0.717, 1.165) is 0 Å². The minimum atomic E-state index is -2.58. The first-order valence-electron chi connectivity index (χ1n) is 5.90. The van der Waals surface area contributed by atoms with Gasteiger partial charge in [-0.1, -0.05) is 18.2 Å². The number of nitrogens with zero attached hydrogens (tertiary/aromatic N) is 1. The van der Waals surface area contributed by atoms with Crippen LogP contribution in [-0.4, -0.2) is 0 Å². The van der Waals surface area contributed by atoms with Crippen molar-refractivity contribution in [2.75, 3.05) is 5.32 Å². The lowest BCUT2D eigenvalue weighted by Gasteiger charge is -2.14. The lowest BCUT2D eigenvalue weighted by atomic mass is 10.0. The zero-order valence-corrected chi connectivity index (χ0v) is 10.4. The third-order valence-electron chi connectivity index (χ3n) is 2.78. The first-order valence-corrected chi connectivity index (χ1v) is 5.90. The van der Waals surface area contributed by atoms with Gasteiger partial charge in [0.25, 0.3) is 6.43 Å². The van der Waals surface area contributed by atoms with Crippen LogP contribution >= 0.6 is 0 Å². The fourth-order valence-corrected chi connectivity index (χ4v) is 1.78. The summed E-state index contributed by atoms with van der Waals surface area (Å²) in [6.45, 7) is 0. The lowest BCUT2D eigenvalue weighted by molar-refractivity contribution is 0.151. The maximum Gasteiger partial charge on any atom is 0.263 e. The van der Waals surface area contributed by atoms with Crippen molar-refractivity contribution in [2.45, 2.75) is 12.5 Å². The monoisotopic (exact) mass is 276 g/mol. The summed E-state index contributed by atoms with van der Waals surface area (Å²) < 4.78 is 38.1. The Morgan fingerprint density at radius 1 is 1.00 bits per heavy atom. The van der Waals surface area contributed by atoms with E-state index in [-0.39, 0.29) is 11.4 Å². The van der Waals surface area contributed by atoms with Gasteiger partial charge in [-0.15, -0.1) is 0 Å². The third kappa shape index (κ3) is 3.29. The van der Waals surface area contributed by atoms with Crippen molar-refractivity contribution in [1.29, 1.82) is 5.26 Å². The number of hydrogen-bond acceptors (Lipinski definition) is 2. The highest BCUT2D eigenvalue weighted by atomic mass is 19.3. The first-order chi connectivity index (χ1) is 9.60. The first kappa shape index (κ1) is 13.9. The van der Waals surface area contributed by atoms with Crippen molar-refractivity contribution < 1.29 is 13.2 Å². The lowest BCUT2D eigenvalue weighted by Crippen LogP contribution is -2.08. The van der Waals surface area contributed by atoms with Crippen LogP contribution in [0.15, 0.2) is 48.5 Å². The van der Waals surface area contributed by atoms with Gasteiger partial charge in [-0.25, -0.2) is 13.2 Å². The van der Waals surface area contributed by atoms with Crippen LogP contribution in [0.25, 0.3) is 0 Å². The van der Waals surface area contributed by atoms with E-state index < -0.39 is 12.5 Å². The number of rotatable bonds is 4. The molecule has 20 heavy (non-hydrogen) atoms. The number of benzene rings is 2. The van der Waals surface area contributed by atoms with Crippen LogP contribution in [0.2, 0.25) is 0 Å². The third-order valence-corrected chi connectivity index (χ3v) is 2.78. The Kier molecular flexibility index (Phi) is 4.26. The van der Waals surface area contributed by atoms with Crippen LogP contribution in [0.5, 0.6) is 0 Å². The molecule has 0 heterocycles. The van der Waals surface area contributed by atoms with Crippen molar-refractivity contribution in [3.8, 4) is 6.07 Å². The summed E-state index contributed by atoms with van der Waals surface area (Å²) in [5, 5.41) is 12.0. The fourth-order valence-electron chi connectivity index (χ4n) is 1.78. The van der Waals surface area contributed by atoms with Crippen molar-refractivity contribution in [3.05, 3.63) is 65.5 Å². The summed E-state index contributed by atoms with van der Waals surface area (Å²) in [7, 11) is 0. The molecule has 0 aliphatic heterocycles. The summed E-state index contributed by atoms with van der Waals surface area (Å²) in [6.07, 6.45) is -2.58. The van der Waals surface area contributed by atoms with E-state index in [4.69, 9.17) is 5.26 Å². The summed E-state index contributed by atoms with van der Waals surface area (Å²) >= 11 is 0. The van der Waals surface area contributed by atoms with Gasteiger partial charge in [0.2, 0.25) is 0 Å². The SMILES string of the molecule is N#CC(Nc1ccc(F)cc1)c1cccc(C(F)F)c1. The highest BCUT2D eigenvalue weighted by Gasteiger charge is 2.13. The van der Waals surface area contributed by atoms with E-state index in [1.54, 1.807) is 6.07 Å². The number of nitriles is 1. The standard InChI is InChI=1S/C15H11F3N2/c16-12-4-6-13(7-5-12)20-14(9-19)10-2-1-3-11(8-10)15(17)18/h1-8,14-15,20H. The molecule has 2 aromatic carbocycles. The molecule has 0 aliphatic rings. The van der Waals surface area contributed by atoms with Crippen LogP contribution in [-0.2, 0) is 0 Å². The van der Waals surface area contributed by atoms with Crippen LogP contribution in [0.4, 0.5) is 18.9 Å². The zero-order chi connectivity index (χ0) is 14.5. The van der Waals surface area contributed by atoms with Crippen LogP contribution in [0.3, 0.4) is 0 Å². The molecule has 5 heteroatoms. The van der Waals surface area contributed by atoms with Gasteiger partial charge < -0.3 is 5.32 Å². The second-order valence-corrected chi connectivity index (χ2v) is 4.18. The second-order valence-electron chi connectivity index (χ2n) is 4.18.